The molecule has 0 saturated carbocycles. The van der Waals surface area contributed by atoms with Crippen LogP contribution >= 0.6 is 0 Å². The predicted molar refractivity (Wildman–Crippen MR) is 70.5 cm³/mol. The molecule has 3 heteroatoms. The summed E-state index contributed by atoms with van der Waals surface area (Å²) in [5.41, 5.74) is 0.895. The van der Waals surface area contributed by atoms with Crippen molar-refractivity contribution in [1.29, 1.82) is 0 Å². The number of ether oxygens (including phenoxy) is 1. The highest BCUT2D eigenvalue weighted by molar-refractivity contribution is 5.37. The standard InChI is InChI=1S/C14H23NO2/c1-4-9-15(10-5-2)11-12-7-6-8-13(17-3)14(12)16/h6-8,11,14,16H,4-5,9-10H2,1-3H3/b12-11+. The first-order valence-electron chi connectivity index (χ1n) is 6.29. The van der Waals surface area contributed by atoms with Crippen molar-refractivity contribution in [3.05, 3.63) is 35.8 Å². The summed E-state index contributed by atoms with van der Waals surface area (Å²) in [6, 6.07) is 0. The molecule has 0 saturated heterocycles. The van der Waals surface area contributed by atoms with Crippen LogP contribution in [-0.2, 0) is 4.74 Å². The van der Waals surface area contributed by atoms with Crippen molar-refractivity contribution < 1.29 is 9.84 Å². The van der Waals surface area contributed by atoms with Gasteiger partial charge in [0.25, 0.3) is 0 Å². The van der Waals surface area contributed by atoms with Crippen LogP contribution in [0.15, 0.2) is 35.8 Å². The van der Waals surface area contributed by atoms with Gasteiger partial charge in [0.2, 0.25) is 0 Å². The maximum atomic E-state index is 10.1. The molecule has 96 valence electrons. The van der Waals surface area contributed by atoms with Gasteiger partial charge < -0.3 is 14.7 Å². The summed E-state index contributed by atoms with van der Waals surface area (Å²) < 4.78 is 5.14. The van der Waals surface area contributed by atoms with Gasteiger partial charge in [0, 0.05) is 24.9 Å². The molecule has 3 nitrogen and oxygen atoms in total. The van der Waals surface area contributed by atoms with Crippen molar-refractivity contribution in [3.8, 4) is 0 Å². The number of aliphatic hydroxyl groups is 1. The van der Waals surface area contributed by atoms with E-state index in [0.29, 0.717) is 5.76 Å². The molecule has 1 atom stereocenters. The normalized spacial score (nSPS) is 21.5. The highest BCUT2D eigenvalue weighted by atomic mass is 16.5. The molecule has 1 aliphatic rings. The summed E-state index contributed by atoms with van der Waals surface area (Å²) in [6.07, 6.45) is 9.26. The SMILES string of the molecule is CCCN(/C=C1\C=CC=C(OC)C1O)CCC. The number of methoxy groups -OCH3 is 1. The lowest BCUT2D eigenvalue weighted by Crippen LogP contribution is -2.23. The molecule has 1 N–H and O–H groups in total. The van der Waals surface area contributed by atoms with Gasteiger partial charge >= 0.3 is 0 Å². The molecule has 0 aliphatic heterocycles. The average Bonchev–Trinajstić information content (AvgIpc) is 2.32. The largest absolute Gasteiger partial charge is 0.498 e. The second-order valence-corrected chi connectivity index (χ2v) is 4.20. The fourth-order valence-electron chi connectivity index (χ4n) is 1.92. The Hall–Kier alpha value is -1.22. The summed E-state index contributed by atoms with van der Waals surface area (Å²) >= 11 is 0. The molecule has 0 radical (unpaired) electrons. The maximum absolute atomic E-state index is 10.1. The summed E-state index contributed by atoms with van der Waals surface area (Å²) in [5, 5.41) is 10.1. The van der Waals surface area contributed by atoms with Gasteiger partial charge in [-0.15, -0.1) is 0 Å². The van der Waals surface area contributed by atoms with E-state index in [9.17, 15) is 5.11 Å². The zero-order valence-corrected chi connectivity index (χ0v) is 11.0. The molecule has 0 amide bonds. The molecule has 1 unspecified atom stereocenters. The lowest BCUT2D eigenvalue weighted by atomic mass is 10.0. The van der Waals surface area contributed by atoms with Gasteiger partial charge in [-0.2, -0.15) is 0 Å². The lowest BCUT2D eigenvalue weighted by Gasteiger charge is -2.24. The molecule has 0 aromatic rings. The third-order valence-corrected chi connectivity index (χ3v) is 2.72. The summed E-state index contributed by atoms with van der Waals surface area (Å²) in [5.74, 6) is 0.603. The Morgan fingerprint density at radius 3 is 2.53 bits per heavy atom. The van der Waals surface area contributed by atoms with E-state index in [1.807, 2.05) is 18.4 Å². The minimum Gasteiger partial charge on any atom is -0.498 e. The fourth-order valence-corrected chi connectivity index (χ4v) is 1.92. The zero-order chi connectivity index (χ0) is 12.7. The van der Waals surface area contributed by atoms with Crippen LogP contribution in [0.4, 0.5) is 0 Å². The number of allylic oxidation sites excluding steroid dienone is 2. The molecule has 1 aliphatic carbocycles. The topological polar surface area (TPSA) is 32.7 Å². The van der Waals surface area contributed by atoms with Crippen molar-refractivity contribution in [2.75, 3.05) is 20.2 Å². The molecule has 0 aromatic carbocycles. The number of aliphatic hydroxyl groups excluding tert-OH is 1. The van der Waals surface area contributed by atoms with Crippen molar-refractivity contribution in [2.45, 2.75) is 32.8 Å². The van der Waals surface area contributed by atoms with Crippen molar-refractivity contribution in [1.82, 2.24) is 4.90 Å². The number of nitrogens with zero attached hydrogens (tertiary/aromatic N) is 1. The maximum Gasteiger partial charge on any atom is 0.137 e. The second-order valence-electron chi connectivity index (χ2n) is 4.20. The van der Waals surface area contributed by atoms with E-state index in [1.165, 1.54) is 0 Å². The Morgan fingerprint density at radius 1 is 1.35 bits per heavy atom. The van der Waals surface area contributed by atoms with Crippen LogP contribution in [0.5, 0.6) is 0 Å². The Morgan fingerprint density at radius 2 is 2.00 bits per heavy atom. The van der Waals surface area contributed by atoms with Crippen LogP contribution in [0, 0.1) is 0 Å². The molecule has 0 spiro atoms. The lowest BCUT2D eigenvalue weighted by molar-refractivity contribution is 0.152. The average molecular weight is 237 g/mol. The van der Waals surface area contributed by atoms with Crippen molar-refractivity contribution in [2.24, 2.45) is 0 Å². The summed E-state index contributed by atoms with van der Waals surface area (Å²) in [7, 11) is 1.59. The van der Waals surface area contributed by atoms with E-state index in [1.54, 1.807) is 13.2 Å². The molecular formula is C14H23NO2. The molecule has 0 fully saturated rings. The minimum atomic E-state index is -0.638. The van der Waals surface area contributed by atoms with Crippen LogP contribution < -0.4 is 0 Å². The zero-order valence-electron chi connectivity index (χ0n) is 11.0. The number of hydrogen-bond donors (Lipinski definition) is 1. The van der Waals surface area contributed by atoms with Crippen LogP contribution in [-0.4, -0.2) is 36.3 Å². The third-order valence-electron chi connectivity index (χ3n) is 2.72. The minimum absolute atomic E-state index is 0.603. The molecule has 0 aromatic heterocycles. The number of hydrogen-bond acceptors (Lipinski definition) is 3. The van der Waals surface area contributed by atoms with Gasteiger partial charge in [-0.1, -0.05) is 26.0 Å². The van der Waals surface area contributed by atoms with Gasteiger partial charge in [-0.3, -0.25) is 0 Å². The van der Waals surface area contributed by atoms with Gasteiger partial charge in [0.1, 0.15) is 11.9 Å². The van der Waals surface area contributed by atoms with Crippen LogP contribution in [0.1, 0.15) is 26.7 Å². The molecular weight excluding hydrogens is 214 g/mol. The Balaban J connectivity index is 2.76. The van der Waals surface area contributed by atoms with Crippen molar-refractivity contribution in [3.63, 3.8) is 0 Å². The van der Waals surface area contributed by atoms with E-state index in [-0.39, 0.29) is 0 Å². The fraction of sp³-hybridized carbons (Fsp3) is 0.571. The van der Waals surface area contributed by atoms with Gasteiger partial charge in [-0.25, -0.2) is 0 Å². The van der Waals surface area contributed by atoms with E-state index in [4.69, 9.17) is 4.74 Å². The Labute approximate surface area is 104 Å². The monoisotopic (exact) mass is 237 g/mol. The quantitative estimate of drug-likeness (QED) is 0.770. The number of rotatable bonds is 6. The van der Waals surface area contributed by atoms with E-state index in [2.05, 4.69) is 18.7 Å². The van der Waals surface area contributed by atoms with Gasteiger partial charge in [-0.05, 0) is 18.9 Å². The van der Waals surface area contributed by atoms with E-state index in [0.717, 1.165) is 31.5 Å². The summed E-state index contributed by atoms with van der Waals surface area (Å²) in [4.78, 5) is 2.25. The first-order chi connectivity index (χ1) is 8.22. The first-order valence-corrected chi connectivity index (χ1v) is 6.29. The molecule has 17 heavy (non-hydrogen) atoms. The smallest absolute Gasteiger partial charge is 0.137 e. The van der Waals surface area contributed by atoms with Crippen LogP contribution in [0.25, 0.3) is 0 Å². The summed E-state index contributed by atoms with van der Waals surface area (Å²) in [6.45, 7) is 6.36. The Kier molecular flexibility index (Phi) is 5.84. The van der Waals surface area contributed by atoms with E-state index >= 15 is 0 Å². The van der Waals surface area contributed by atoms with Gasteiger partial charge in [0.15, 0.2) is 0 Å². The molecule has 0 heterocycles. The Bertz CT molecular complexity index is 312. The van der Waals surface area contributed by atoms with Crippen molar-refractivity contribution >= 4 is 0 Å². The highest BCUT2D eigenvalue weighted by Gasteiger charge is 2.18. The molecule has 0 bridgehead atoms. The second kappa shape index (κ2) is 7.17. The van der Waals surface area contributed by atoms with Crippen LogP contribution in [0.2, 0.25) is 0 Å². The predicted octanol–water partition coefficient (Wildman–Crippen LogP) is 2.45. The van der Waals surface area contributed by atoms with Gasteiger partial charge in [0.05, 0.1) is 7.11 Å². The molecule has 1 rings (SSSR count). The third kappa shape index (κ3) is 3.93. The highest BCUT2D eigenvalue weighted by Crippen LogP contribution is 2.19. The van der Waals surface area contributed by atoms with Crippen LogP contribution in [0.3, 0.4) is 0 Å². The first kappa shape index (κ1) is 13.8. The van der Waals surface area contributed by atoms with E-state index < -0.39 is 6.10 Å².